The van der Waals surface area contributed by atoms with E-state index in [9.17, 15) is 22.4 Å². The largest absolute Gasteiger partial charge is 0.474 e. The minimum Gasteiger partial charge on any atom is -0.474 e. The van der Waals surface area contributed by atoms with Crippen LogP contribution in [0.15, 0.2) is 30.3 Å². The van der Waals surface area contributed by atoms with Crippen molar-refractivity contribution in [2.24, 2.45) is 0 Å². The fourth-order valence-electron chi connectivity index (χ4n) is 3.05. The minimum atomic E-state index is -4.44. The number of amides is 1. The Morgan fingerprint density at radius 3 is 2.66 bits per heavy atom. The number of nitrogens with one attached hydrogen (secondary N) is 1. The van der Waals surface area contributed by atoms with Crippen molar-refractivity contribution >= 4 is 29.0 Å². The molecule has 1 N–H and O–H groups in total. The molecule has 1 aromatic heterocycles. The van der Waals surface area contributed by atoms with Crippen LogP contribution in [0.3, 0.4) is 0 Å². The van der Waals surface area contributed by atoms with E-state index in [4.69, 9.17) is 16.3 Å². The summed E-state index contributed by atoms with van der Waals surface area (Å²) in [4.78, 5) is 17.9. The van der Waals surface area contributed by atoms with E-state index in [0.717, 1.165) is 0 Å². The van der Waals surface area contributed by atoms with E-state index >= 15 is 0 Å². The number of carbonyl (C=O) groups is 1. The molecule has 1 amide bonds. The molecule has 3 rings (SSSR count). The second-order valence-electron chi connectivity index (χ2n) is 6.65. The van der Waals surface area contributed by atoms with Gasteiger partial charge in [-0.3, -0.25) is 4.79 Å². The van der Waals surface area contributed by atoms with Gasteiger partial charge in [0.1, 0.15) is 36.4 Å². The van der Waals surface area contributed by atoms with E-state index in [1.165, 1.54) is 29.2 Å². The molecular formula is C19H18ClF4N3O2. The molecule has 1 aromatic carbocycles. The number of carbonyl (C=O) groups excluding carboxylic acids is 1. The van der Waals surface area contributed by atoms with Gasteiger partial charge in [-0.05, 0) is 30.7 Å². The maximum absolute atomic E-state index is 13.2. The number of halogens is 5. The Labute approximate surface area is 169 Å². The standard InChI is InChI=1S/C19H18ClF4N3O2/c1-11-9-29-18-15(27(11)16(28)8-20)7-13(6-12-2-4-14(21)5-3-12)17(26-18)25-10-19(22,23)24/h2-5,7,11H,6,8-10H2,1H3,(H,25,26). The molecule has 156 valence electrons. The molecule has 2 heterocycles. The topological polar surface area (TPSA) is 54.5 Å². The highest BCUT2D eigenvalue weighted by Gasteiger charge is 2.32. The third-order valence-electron chi connectivity index (χ3n) is 4.36. The van der Waals surface area contributed by atoms with Gasteiger partial charge >= 0.3 is 6.18 Å². The predicted octanol–water partition coefficient (Wildman–Crippen LogP) is 4.14. The molecule has 0 saturated carbocycles. The average Bonchev–Trinajstić information content (AvgIpc) is 2.67. The molecule has 1 atom stereocenters. The molecule has 29 heavy (non-hydrogen) atoms. The lowest BCUT2D eigenvalue weighted by atomic mass is 10.0. The molecule has 1 aliphatic heterocycles. The van der Waals surface area contributed by atoms with E-state index in [2.05, 4.69) is 10.3 Å². The Hall–Kier alpha value is -2.55. The minimum absolute atomic E-state index is 0.0155. The van der Waals surface area contributed by atoms with Crippen molar-refractivity contribution in [1.82, 2.24) is 4.98 Å². The summed E-state index contributed by atoms with van der Waals surface area (Å²) < 4.78 is 56.9. The monoisotopic (exact) mass is 431 g/mol. The van der Waals surface area contributed by atoms with E-state index in [0.29, 0.717) is 16.8 Å². The summed E-state index contributed by atoms with van der Waals surface area (Å²) in [7, 11) is 0. The van der Waals surface area contributed by atoms with E-state index in [1.54, 1.807) is 13.0 Å². The molecule has 0 saturated heterocycles. The van der Waals surface area contributed by atoms with Gasteiger partial charge in [0.15, 0.2) is 0 Å². The summed E-state index contributed by atoms with van der Waals surface area (Å²) in [6.07, 6.45) is -4.27. The smallest absolute Gasteiger partial charge is 0.405 e. The number of rotatable bonds is 5. The van der Waals surface area contributed by atoms with Crippen molar-refractivity contribution in [3.05, 3.63) is 47.3 Å². The molecule has 5 nitrogen and oxygen atoms in total. The van der Waals surface area contributed by atoms with E-state index in [-0.39, 0.29) is 42.6 Å². The van der Waals surface area contributed by atoms with Gasteiger partial charge in [-0.25, -0.2) is 4.39 Å². The first-order valence-electron chi connectivity index (χ1n) is 8.77. The number of aromatic nitrogens is 1. The molecule has 2 aromatic rings. The Balaban J connectivity index is 2.03. The first-order chi connectivity index (χ1) is 13.7. The van der Waals surface area contributed by atoms with Gasteiger partial charge in [0.05, 0.1) is 6.04 Å². The van der Waals surface area contributed by atoms with Crippen molar-refractivity contribution in [2.45, 2.75) is 25.6 Å². The number of ether oxygens (including phenoxy) is 1. The van der Waals surface area contributed by atoms with Crippen molar-refractivity contribution in [3.63, 3.8) is 0 Å². The van der Waals surface area contributed by atoms with Crippen LogP contribution in [-0.2, 0) is 11.2 Å². The van der Waals surface area contributed by atoms with Crippen LogP contribution < -0.4 is 15.0 Å². The zero-order chi connectivity index (χ0) is 21.2. The third kappa shape index (κ3) is 5.09. The van der Waals surface area contributed by atoms with Crippen molar-refractivity contribution in [1.29, 1.82) is 0 Å². The number of benzene rings is 1. The number of hydrogen-bond donors (Lipinski definition) is 1. The second-order valence-corrected chi connectivity index (χ2v) is 6.92. The van der Waals surface area contributed by atoms with Gasteiger partial charge in [0.25, 0.3) is 0 Å². The highest BCUT2D eigenvalue weighted by atomic mass is 35.5. The van der Waals surface area contributed by atoms with Crippen LogP contribution in [-0.4, -0.2) is 42.1 Å². The summed E-state index contributed by atoms with van der Waals surface area (Å²) >= 11 is 5.71. The molecule has 10 heteroatoms. The first kappa shape index (κ1) is 21.2. The summed E-state index contributed by atoms with van der Waals surface area (Å²) in [5, 5.41) is 2.28. The maximum Gasteiger partial charge on any atom is 0.405 e. The van der Waals surface area contributed by atoms with Crippen LogP contribution in [0.1, 0.15) is 18.1 Å². The number of anilines is 2. The molecule has 0 bridgehead atoms. The SMILES string of the molecule is CC1COc2nc(NCC(F)(F)F)c(Cc3ccc(F)cc3)cc2N1C(=O)CCl. The summed E-state index contributed by atoms with van der Waals surface area (Å²) in [6.45, 7) is 0.622. The van der Waals surface area contributed by atoms with Crippen molar-refractivity contribution in [3.8, 4) is 5.88 Å². The Morgan fingerprint density at radius 2 is 2.03 bits per heavy atom. The van der Waals surface area contributed by atoms with E-state index in [1.807, 2.05) is 0 Å². The van der Waals surface area contributed by atoms with Crippen molar-refractivity contribution in [2.75, 3.05) is 29.2 Å². The average molecular weight is 432 g/mol. The Kier molecular flexibility index (Phi) is 6.16. The molecule has 1 unspecified atom stereocenters. The lowest BCUT2D eigenvalue weighted by Gasteiger charge is -2.34. The normalized spacial score (nSPS) is 16.2. The quantitative estimate of drug-likeness (QED) is 0.571. The number of alkyl halides is 4. The first-order valence-corrected chi connectivity index (χ1v) is 9.31. The lowest BCUT2D eigenvalue weighted by Crippen LogP contribution is -2.46. The summed E-state index contributed by atoms with van der Waals surface area (Å²) in [5.74, 6) is -1.01. The molecule has 1 aliphatic rings. The summed E-state index contributed by atoms with van der Waals surface area (Å²) in [6, 6.07) is 6.83. The van der Waals surface area contributed by atoms with Crippen LogP contribution in [0.4, 0.5) is 29.1 Å². The van der Waals surface area contributed by atoms with Gasteiger partial charge in [-0.1, -0.05) is 12.1 Å². The highest BCUT2D eigenvalue weighted by Crippen LogP contribution is 2.37. The maximum atomic E-state index is 13.2. The molecular weight excluding hydrogens is 414 g/mol. The molecule has 0 spiro atoms. The van der Waals surface area contributed by atoms with Crippen LogP contribution in [0.2, 0.25) is 0 Å². The van der Waals surface area contributed by atoms with Gasteiger partial charge in [-0.2, -0.15) is 18.2 Å². The van der Waals surface area contributed by atoms with Crippen LogP contribution in [0, 0.1) is 5.82 Å². The molecule has 0 fully saturated rings. The zero-order valence-electron chi connectivity index (χ0n) is 15.4. The number of nitrogens with zero attached hydrogens (tertiary/aromatic N) is 2. The van der Waals surface area contributed by atoms with E-state index < -0.39 is 18.5 Å². The second kappa shape index (κ2) is 8.44. The van der Waals surface area contributed by atoms with Crippen LogP contribution >= 0.6 is 11.6 Å². The third-order valence-corrected chi connectivity index (χ3v) is 4.58. The number of pyridine rings is 1. The van der Waals surface area contributed by atoms with Crippen molar-refractivity contribution < 1.29 is 27.1 Å². The van der Waals surface area contributed by atoms with Crippen LogP contribution in [0.25, 0.3) is 0 Å². The Bertz CT molecular complexity index is 890. The fraction of sp³-hybridized carbons (Fsp3) is 0.368. The highest BCUT2D eigenvalue weighted by molar-refractivity contribution is 6.29. The predicted molar refractivity (Wildman–Crippen MR) is 101 cm³/mol. The Morgan fingerprint density at radius 1 is 1.34 bits per heavy atom. The van der Waals surface area contributed by atoms with Gasteiger partial charge < -0.3 is 15.0 Å². The van der Waals surface area contributed by atoms with Gasteiger partial charge in [0.2, 0.25) is 11.8 Å². The number of hydrogen-bond acceptors (Lipinski definition) is 4. The molecule has 0 aliphatic carbocycles. The summed E-state index contributed by atoms with van der Waals surface area (Å²) in [5.41, 5.74) is 1.41. The van der Waals surface area contributed by atoms with Gasteiger partial charge in [-0.15, -0.1) is 11.6 Å². The molecule has 0 radical (unpaired) electrons. The zero-order valence-corrected chi connectivity index (χ0v) is 16.1. The fourth-order valence-corrected chi connectivity index (χ4v) is 3.18. The van der Waals surface area contributed by atoms with Crippen LogP contribution in [0.5, 0.6) is 5.88 Å². The van der Waals surface area contributed by atoms with Gasteiger partial charge in [0, 0.05) is 12.0 Å². The number of fused-ring (bicyclic) bond motifs is 1. The lowest BCUT2D eigenvalue weighted by molar-refractivity contribution is -0.117.